The second-order valence-corrected chi connectivity index (χ2v) is 5.42. The molecule has 2 rings (SSSR count). The fourth-order valence-electron chi connectivity index (χ4n) is 1.43. The molecular weight excluding hydrogens is 224 g/mol. The summed E-state index contributed by atoms with van der Waals surface area (Å²) in [6, 6.07) is 12.4. The van der Waals surface area contributed by atoms with Gasteiger partial charge in [0.25, 0.3) is 0 Å². The van der Waals surface area contributed by atoms with Crippen LogP contribution in [0.2, 0.25) is 5.02 Å². The molecule has 0 aliphatic rings. The minimum Gasteiger partial charge on any atom is -0.140 e. The van der Waals surface area contributed by atoms with Crippen molar-refractivity contribution in [1.82, 2.24) is 0 Å². The Kier molecular flexibility index (Phi) is 3.13. The number of benzene rings is 1. The highest BCUT2D eigenvalue weighted by atomic mass is 35.5. The zero-order chi connectivity index (χ0) is 10.8. The normalized spacial score (nSPS) is 10.9. The van der Waals surface area contributed by atoms with Crippen molar-refractivity contribution in [3.63, 3.8) is 0 Å². The number of rotatable bonds is 2. The zero-order valence-corrected chi connectivity index (χ0v) is 10.4. The van der Waals surface area contributed by atoms with Crippen LogP contribution in [0.25, 0.3) is 10.4 Å². The quantitative estimate of drug-likeness (QED) is 0.673. The molecule has 0 fully saturated rings. The van der Waals surface area contributed by atoms with Crippen LogP contribution in [0.3, 0.4) is 0 Å². The van der Waals surface area contributed by atoms with Crippen molar-refractivity contribution in [2.75, 3.05) is 0 Å². The van der Waals surface area contributed by atoms with Gasteiger partial charge >= 0.3 is 0 Å². The smallest absolute Gasteiger partial charge is 0.0406 e. The van der Waals surface area contributed by atoms with Gasteiger partial charge in [-0.15, -0.1) is 11.3 Å². The van der Waals surface area contributed by atoms with Crippen molar-refractivity contribution in [3.05, 3.63) is 46.3 Å². The van der Waals surface area contributed by atoms with Crippen LogP contribution in [-0.4, -0.2) is 0 Å². The number of thiophene rings is 1. The van der Waals surface area contributed by atoms with Crippen molar-refractivity contribution in [3.8, 4) is 10.4 Å². The Morgan fingerprint density at radius 2 is 1.67 bits per heavy atom. The van der Waals surface area contributed by atoms with Gasteiger partial charge in [-0.25, -0.2) is 0 Å². The van der Waals surface area contributed by atoms with E-state index in [1.54, 1.807) is 0 Å². The Morgan fingerprint density at radius 1 is 1.00 bits per heavy atom. The van der Waals surface area contributed by atoms with E-state index in [0.29, 0.717) is 5.92 Å². The molecule has 0 nitrogen and oxygen atoms in total. The third-order valence-corrected chi connectivity index (χ3v) is 4.01. The highest BCUT2D eigenvalue weighted by Gasteiger charge is 2.05. The van der Waals surface area contributed by atoms with Crippen LogP contribution >= 0.6 is 22.9 Å². The maximum Gasteiger partial charge on any atom is 0.0406 e. The lowest BCUT2D eigenvalue weighted by atomic mass is 10.1. The average Bonchev–Trinajstić information content (AvgIpc) is 2.68. The Hall–Kier alpha value is -0.790. The summed E-state index contributed by atoms with van der Waals surface area (Å²) < 4.78 is 0. The summed E-state index contributed by atoms with van der Waals surface area (Å²) in [4.78, 5) is 2.75. The minimum absolute atomic E-state index is 0.607. The number of hydrogen-bond acceptors (Lipinski definition) is 1. The van der Waals surface area contributed by atoms with Gasteiger partial charge in [0.15, 0.2) is 0 Å². The van der Waals surface area contributed by atoms with Gasteiger partial charge < -0.3 is 0 Å². The molecule has 2 heteroatoms. The van der Waals surface area contributed by atoms with Gasteiger partial charge in [0.1, 0.15) is 0 Å². The maximum atomic E-state index is 5.86. The van der Waals surface area contributed by atoms with Gasteiger partial charge in [0.05, 0.1) is 0 Å². The van der Waals surface area contributed by atoms with Crippen LogP contribution in [0, 0.1) is 0 Å². The second-order valence-electron chi connectivity index (χ2n) is 3.86. The molecule has 0 amide bonds. The first kappa shape index (κ1) is 10.7. The molecule has 0 N–H and O–H groups in total. The summed E-state index contributed by atoms with van der Waals surface area (Å²) in [7, 11) is 0. The molecule has 15 heavy (non-hydrogen) atoms. The van der Waals surface area contributed by atoms with Gasteiger partial charge in [-0.05, 0) is 35.7 Å². The predicted molar refractivity (Wildman–Crippen MR) is 68.9 cm³/mol. The molecule has 0 atom stereocenters. The molecule has 2 aromatic rings. The minimum atomic E-state index is 0.607. The van der Waals surface area contributed by atoms with Crippen LogP contribution in [0.15, 0.2) is 36.4 Å². The third-order valence-electron chi connectivity index (χ3n) is 2.32. The van der Waals surface area contributed by atoms with E-state index < -0.39 is 0 Å². The van der Waals surface area contributed by atoms with Crippen LogP contribution in [-0.2, 0) is 0 Å². The SMILES string of the molecule is CC(C)c1ccc(-c2ccc(Cl)cc2)s1. The highest BCUT2D eigenvalue weighted by molar-refractivity contribution is 7.15. The molecule has 0 spiro atoms. The molecule has 1 heterocycles. The van der Waals surface area contributed by atoms with E-state index in [2.05, 4.69) is 38.1 Å². The fourth-order valence-corrected chi connectivity index (χ4v) is 2.57. The largest absolute Gasteiger partial charge is 0.140 e. The first-order valence-electron chi connectivity index (χ1n) is 5.02. The van der Waals surface area contributed by atoms with Gasteiger partial charge in [-0.3, -0.25) is 0 Å². The lowest BCUT2D eigenvalue weighted by molar-refractivity contribution is 0.890. The van der Waals surface area contributed by atoms with E-state index in [1.165, 1.54) is 15.3 Å². The number of halogens is 1. The van der Waals surface area contributed by atoms with Crippen LogP contribution in [0.5, 0.6) is 0 Å². The van der Waals surface area contributed by atoms with Crippen molar-refractivity contribution >= 4 is 22.9 Å². The van der Waals surface area contributed by atoms with Gasteiger partial charge in [0.2, 0.25) is 0 Å². The van der Waals surface area contributed by atoms with E-state index in [4.69, 9.17) is 11.6 Å². The Labute approximate surface area is 99.5 Å². The Bertz CT molecular complexity index is 440. The summed E-state index contributed by atoms with van der Waals surface area (Å²) in [5.74, 6) is 0.607. The van der Waals surface area contributed by atoms with Crippen molar-refractivity contribution in [2.45, 2.75) is 19.8 Å². The summed E-state index contributed by atoms with van der Waals surface area (Å²) in [5, 5.41) is 0.791. The molecule has 0 unspecified atom stereocenters. The lowest BCUT2D eigenvalue weighted by Gasteiger charge is -1.99. The second kappa shape index (κ2) is 4.38. The lowest BCUT2D eigenvalue weighted by Crippen LogP contribution is -1.77. The fraction of sp³-hybridized carbons (Fsp3) is 0.231. The van der Waals surface area contributed by atoms with E-state index in [-0.39, 0.29) is 0 Å². The third kappa shape index (κ3) is 2.42. The molecular formula is C13H13ClS. The first-order chi connectivity index (χ1) is 7.16. The molecule has 0 saturated heterocycles. The van der Waals surface area contributed by atoms with E-state index in [0.717, 1.165) is 5.02 Å². The first-order valence-corrected chi connectivity index (χ1v) is 6.22. The standard InChI is InChI=1S/C13H13ClS/c1-9(2)12-7-8-13(15-12)10-3-5-11(14)6-4-10/h3-9H,1-2H3. The molecule has 1 aromatic heterocycles. The van der Waals surface area contributed by atoms with E-state index >= 15 is 0 Å². The molecule has 0 aliphatic heterocycles. The average molecular weight is 237 g/mol. The Morgan fingerprint density at radius 3 is 2.20 bits per heavy atom. The van der Waals surface area contributed by atoms with Gasteiger partial charge in [-0.2, -0.15) is 0 Å². The number of hydrogen-bond donors (Lipinski definition) is 0. The highest BCUT2D eigenvalue weighted by Crippen LogP contribution is 2.32. The molecule has 1 aromatic carbocycles. The van der Waals surface area contributed by atoms with Crippen LogP contribution in [0.4, 0.5) is 0 Å². The van der Waals surface area contributed by atoms with Gasteiger partial charge in [-0.1, -0.05) is 37.6 Å². The topological polar surface area (TPSA) is 0 Å². The molecule has 78 valence electrons. The van der Waals surface area contributed by atoms with Crippen LogP contribution < -0.4 is 0 Å². The molecule has 0 saturated carbocycles. The van der Waals surface area contributed by atoms with Gasteiger partial charge in [0, 0.05) is 14.8 Å². The zero-order valence-electron chi connectivity index (χ0n) is 8.83. The van der Waals surface area contributed by atoms with Crippen molar-refractivity contribution < 1.29 is 0 Å². The van der Waals surface area contributed by atoms with Crippen LogP contribution in [0.1, 0.15) is 24.6 Å². The summed E-state index contributed by atoms with van der Waals surface area (Å²) >= 11 is 7.72. The molecule has 0 aliphatic carbocycles. The summed E-state index contributed by atoms with van der Waals surface area (Å²) in [6.45, 7) is 4.44. The monoisotopic (exact) mass is 236 g/mol. The maximum absolute atomic E-state index is 5.86. The molecule has 0 bridgehead atoms. The molecule has 0 radical (unpaired) electrons. The van der Waals surface area contributed by atoms with Crippen molar-refractivity contribution in [2.24, 2.45) is 0 Å². The predicted octanol–water partition coefficient (Wildman–Crippen LogP) is 5.19. The summed E-state index contributed by atoms with van der Waals surface area (Å²) in [5.41, 5.74) is 1.25. The summed E-state index contributed by atoms with van der Waals surface area (Å²) in [6.07, 6.45) is 0. The van der Waals surface area contributed by atoms with E-state index in [1.807, 2.05) is 23.5 Å². The van der Waals surface area contributed by atoms with Crippen molar-refractivity contribution in [1.29, 1.82) is 0 Å². The Balaban J connectivity index is 2.33. The van der Waals surface area contributed by atoms with E-state index in [9.17, 15) is 0 Å².